The molecule has 7 heteroatoms. The van der Waals surface area contributed by atoms with E-state index in [4.69, 9.17) is 0 Å². The van der Waals surface area contributed by atoms with Crippen LogP contribution in [0.5, 0.6) is 0 Å². The average Bonchev–Trinajstić information content (AvgIpc) is 2.83. The molecule has 1 aliphatic rings. The molecule has 1 aliphatic heterocycles. The van der Waals surface area contributed by atoms with Crippen LogP contribution in [0.1, 0.15) is 30.0 Å². The predicted octanol–water partition coefficient (Wildman–Crippen LogP) is 3.76. The Morgan fingerprint density at radius 3 is 2.84 bits per heavy atom. The standard InChI is InChI=1S/C25H26N6O/c1-3-17-12-21-22(30-25(17)32)10-16(13-28-21)15-31-8-5-18(6-9-31)20-11-19-4-7-27-24(26-2)23(19)29-14-20/h4-5,7,10-14H,3,6,8-9,15H2,1-2H3,(H,26,27)(H,30,32). The molecule has 0 amide bonds. The van der Waals surface area contributed by atoms with Crippen LogP contribution in [0.25, 0.3) is 27.5 Å². The fraction of sp³-hybridized carbons (Fsp3) is 0.280. The normalized spacial score (nSPS) is 14.6. The highest BCUT2D eigenvalue weighted by Gasteiger charge is 2.15. The Bertz CT molecular complexity index is 1390. The molecular weight excluding hydrogens is 400 g/mol. The van der Waals surface area contributed by atoms with E-state index in [1.54, 1.807) is 0 Å². The lowest BCUT2D eigenvalue weighted by atomic mass is 9.99. The molecule has 0 radical (unpaired) electrons. The number of pyridine rings is 4. The van der Waals surface area contributed by atoms with Crippen molar-refractivity contribution in [2.24, 2.45) is 0 Å². The van der Waals surface area contributed by atoms with Crippen molar-refractivity contribution in [2.45, 2.75) is 26.3 Å². The Labute approximate surface area is 186 Å². The number of fused-ring (bicyclic) bond motifs is 2. The third kappa shape index (κ3) is 3.87. The summed E-state index contributed by atoms with van der Waals surface area (Å²) in [6.07, 6.45) is 9.63. The molecule has 0 bridgehead atoms. The van der Waals surface area contributed by atoms with E-state index in [1.807, 2.05) is 50.8 Å². The maximum absolute atomic E-state index is 12.1. The van der Waals surface area contributed by atoms with Gasteiger partial charge in [-0.05, 0) is 53.8 Å². The van der Waals surface area contributed by atoms with Crippen molar-refractivity contribution in [1.29, 1.82) is 0 Å². The number of hydrogen-bond donors (Lipinski definition) is 2. The molecular formula is C25H26N6O. The van der Waals surface area contributed by atoms with Gasteiger partial charge in [-0.2, -0.15) is 0 Å². The molecule has 5 rings (SSSR count). The second-order valence-electron chi connectivity index (χ2n) is 8.17. The minimum Gasteiger partial charge on any atom is -0.371 e. The first kappa shape index (κ1) is 20.3. The van der Waals surface area contributed by atoms with Crippen molar-refractivity contribution in [2.75, 3.05) is 25.5 Å². The van der Waals surface area contributed by atoms with Crippen molar-refractivity contribution >= 4 is 33.3 Å². The molecule has 0 unspecified atom stereocenters. The number of nitrogens with one attached hydrogen (secondary N) is 2. The highest BCUT2D eigenvalue weighted by molar-refractivity contribution is 5.90. The van der Waals surface area contributed by atoms with Crippen LogP contribution in [0.2, 0.25) is 0 Å². The molecule has 5 heterocycles. The number of anilines is 1. The smallest absolute Gasteiger partial charge is 0.251 e. The van der Waals surface area contributed by atoms with Crippen molar-refractivity contribution in [3.05, 3.63) is 76.0 Å². The van der Waals surface area contributed by atoms with Gasteiger partial charge in [-0.25, -0.2) is 4.98 Å². The maximum atomic E-state index is 12.1. The first-order chi connectivity index (χ1) is 15.6. The first-order valence-corrected chi connectivity index (χ1v) is 11.0. The Hall–Kier alpha value is -3.58. The van der Waals surface area contributed by atoms with Gasteiger partial charge in [0.2, 0.25) is 0 Å². The summed E-state index contributed by atoms with van der Waals surface area (Å²) < 4.78 is 0. The quantitative estimate of drug-likeness (QED) is 0.505. The molecule has 0 aliphatic carbocycles. The van der Waals surface area contributed by atoms with Crippen LogP contribution >= 0.6 is 0 Å². The fourth-order valence-corrected chi connectivity index (χ4v) is 4.31. The van der Waals surface area contributed by atoms with E-state index in [9.17, 15) is 4.79 Å². The molecule has 0 spiro atoms. The molecule has 4 aromatic rings. The van der Waals surface area contributed by atoms with E-state index in [0.717, 1.165) is 64.9 Å². The van der Waals surface area contributed by atoms with Crippen LogP contribution in [-0.4, -0.2) is 45.0 Å². The summed E-state index contributed by atoms with van der Waals surface area (Å²) in [6, 6.07) is 8.13. The average molecular weight is 427 g/mol. The van der Waals surface area contributed by atoms with Crippen LogP contribution in [0.4, 0.5) is 5.82 Å². The number of hydrogen-bond acceptors (Lipinski definition) is 6. The Balaban J connectivity index is 1.32. The van der Waals surface area contributed by atoms with E-state index >= 15 is 0 Å². The van der Waals surface area contributed by atoms with Crippen LogP contribution < -0.4 is 10.9 Å². The summed E-state index contributed by atoms with van der Waals surface area (Å²) in [7, 11) is 1.86. The van der Waals surface area contributed by atoms with Crippen LogP contribution in [0, 0.1) is 0 Å². The van der Waals surface area contributed by atoms with Gasteiger partial charge in [0, 0.05) is 56.2 Å². The van der Waals surface area contributed by atoms with Crippen molar-refractivity contribution in [1.82, 2.24) is 24.8 Å². The number of aryl methyl sites for hydroxylation is 1. The molecule has 4 aromatic heterocycles. The van der Waals surface area contributed by atoms with E-state index in [2.05, 4.69) is 42.3 Å². The highest BCUT2D eigenvalue weighted by atomic mass is 16.1. The molecule has 0 atom stereocenters. The summed E-state index contributed by atoms with van der Waals surface area (Å²) in [4.78, 5) is 31.1. The predicted molar refractivity (Wildman–Crippen MR) is 129 cm³/mol. The molecule has 0 saturated carbocycles. The van der Waals surface area contributed by atoms with Gasteiger partial charge in [0.25, 0.3) is 5.56 Å². The highest BCUT2D eigenvalue weighted by Crippen LogP contribution is 2.27. The molecule has 162 valence electrons. The zero-order chi connectivity index (χ0) is 22.1. The zero-order valence-corrected chi connectivity index (χ0v) is 18.4. The molecule has 32 heavy (non-hydrogen) atoms. The Morgan fingerprint density at radius 1 is 1.16 bits per heavy atom. The van der Waals surface area contributed by atoms with Gasteiger partial charge in [-0.1, -0.05) is 13.0 Å². The topological polar surface area (TPSA) is 86.8 Å². The van der Waals surface area contributed by atoms with Crippen LogP contribution in [0.15, 0.2) is 53.7 Å². The van der Waals surface area contributed by atoms with E-state index < -0.39 is 0 Å². The number of aromatic amines is 1. The minimum absolute atomic E-state index is 0.0221. The Morgan fingerprint density at radius 2 is 2.06 bits per heavy atom. The van der Waals surface area contributed by atoms with Gasteiger partial charge in [-0.15, -0.1) is 0 Å². The van der Waals surface area contributed by atoms with E-state index in [-0.39, 0.29) is 5.56 Å². The van der Waals surface area contributed by atoms with Crippen LogP contribution in [-0.2, 0) is 13.0 Å². The minimum atomic E-state index is -0.0221. The molecule has 0 saturated heterocycles. The van der Waals surface area contributed by atoms with Crippen molar-refractivity contribution in [3.8, 4) is 0 Å². The number of aromatic nitrogens is 4. The van der Waals surface area contributed by atoms with E-state index in [1.165, 1.54) is 11.1 Å². The van der Waals surface area contributed by atoms with Gasteiger partial charge in [0.1, 0.15) is 5.52 Å². The Kier molecular flexibility index (Phi) is 5.41. The largest absolute Gasteiger partial charge is 0.371 e. The monoisotopic (exact) mass is 426 g/mol. The van der Waals surface area contributed by atoms with Gasteiger partial charge >= 0.3 is 0 Å². The summed E-state index contributed by atoms with van der Waals surface area (Å²) in [5, 5.41) is 4.19. The number of rotatable bonds is 5. The zero-order valence-electron chi connectivity index (χ0n) is 18.4. The lowest BCUT2D eigenvalue weighted by molar-refractivity contribution is 0.293. The van der Waals surface area contributed by atoms with Gasteiger partial charge in [0.05, 0.1) is 11.0 Å². The molecule has 0 fully saturated rings. The lowest BCUT2D eigenvalue weighted by Crippen LogP contribution is -2.28. The van der Waals surface area contributed by atoms with E-state index in [0.29, 0.717) is 6.42 Å². The summed E-state index contributed by atoms with van der Waals surface area (Å²) in [6.45, 7) is 4.62. The second kappa shape index (κ2) is 8.51. The number of nitrogens with zero attached hydrogens (tertiary/aromatic N) is 4. The molecule has 2 N–H and O–H groups in total. The second-order valence-corrected chi connectivity index (χ2v) is 8.17. The van der Waals surface area contributed by atoms with Gasteiger partial charge in [0.15, 0.2) is 5.82 Å². The summed E-state index contributed by atoms with van der Waals surface area (Å²) >= 11 is 0. The number of H-pyrrole nitrogens is 1. The fourth-order valence-electron chi connectivity index (χ4n) is 4.31. The van der Waals surface area contributed by atoms with Crippen LogP contribution in [0.3, 0.4) is 0 Å². The van der Waals surface area contributed by atoms with Gasteiger partial charge < -0.3 is 10.3 Å². The summed E-state index contributed by atoms with van der Waals surface area (Å²) in [5.74, 6) is 0.800. The van der Waals surface area contributed by atoms with Crippen molar-refractivity contribution in [3.63, 3.8) is 0 Å². The molecule has 0 aromatic carbocycles. The SMILES string of the molecule is CCc1cc2ncc(CN3CC=C(c4cnc5c(NC)nccc5c4)CC3)cc2[nH]c1=O. The summed E-state index contributed by atoms with van der Waals surface area (Å²) in [5.41, 5.74) is 6.88. The lowest BCUT2D eigenvalue weighted by Gasteiger charge is -2.26. The third-order valence-electron chi connectivity index (χ3n) is 6.11. The third-order valence-corrected chi connectivity index (χ3v) is 6.11. The molecule has 7 nitrogen and oxygen atoms in total. The van der Waals surface area contributed by atoms with Crippen molar-refractivity contribution < 1.29 is 0 Å². The van der Waals surface area contributed by atoms with Gasteiger partial charge in [-0.3, -0.25) is 19.7 Å². The maximum Gasteiger partial charge on any atom is 0.251 e. The first-order valence-electron chi connectivity index (χ1n) is 11.0.